The summed E-state index contributed by atoms with van der Waals surface area (Å²) in [6, 6.07) is 5.66. The van der Waals surface area contributed by atoms with Crippen molar-refractivity contribution in [3.05, 3.63) is 23.8 Å². The quantitative estimate of drug-likeness (QED) is 0.773. The maximum absolute atomic E-state index is 11.9. The van der Waals surface area contributed by atoms with Gasteiger partial charge in [-0.05, 0) is 30.7 Å². The number of alkyl halides is 1. The molecule has 0 atom stereocenters. The highest BCUT2D eigenvalue weighted by atomic mass is 19.1. The van der Waals surface area contributed by atoms with E-state index in [0.717, 1.165) is 17.0 Å². The van der Waals surface area contributed by atoms with Crippen LogP contribution in [0.3, 0.4) is 0 Å². The van der Waals surface area contributed by atoms with Crippen LogP contribution in [-0.2, 0) is 0 Å². The standard InChI is InChI=1S/C10H14FNO/c1-8-7-9(13-2)3-4-10(8)12-6-5-11/h3-4,7,12H,5-6H2,1-2H3. The minimum Gasteiger partial charge on any atom is -0.497 e. The molecule has 0 unspecified atom stereocenters. The third-order valence-corrected chi connectivity index (χ3v) is 1.84. The number of nitrogens with one attached hydrogen (secondary N) is 1. The van der Waals surface area contributed by atoms with Crippen LogP contribution in [0.15, 0.2) is 18.2 Å². The second kappa shape index (κ2) is 4.70. The van der Waals surface area contributed by atoms with Crippen LogP contribution in [-0.4, -0.2) is 20.3 Å². The Morgan fingerprint density at radius 2 is 2.23 bits per heavy atom. The van der Waals surface area contributed by atoms with Crippen LogP contribution in [0.25, 0.3) is 0 Å². The maximum Gasteiger partial charge on any atom is 0.119 e. The van der Waals surface area contributed by atoms with Crippen LogP contribution >= 0.6 is 0 Å². The minimum atomic E-state index is -0.356. The molecule has 0 heterocycles. The van der Waals surface area contributed by atoms with E-state index in [0.29, 0.717) is 6.54 Å². The van der Waals surface area contributed by atoms with Crippen LogP contribution in [0.4, 0.5) is 10.1 Å². The van der Waals surface area contributed by atoms with E-state index < -0.39 is 0 Å². The van der Waals surface area contributed by atoms with E-state index in [9.17, 15) is 4.39 Å². The van der Waals surface area contributed by atoms with Crippen molar-refractivity contribution in [3.63, 3.8) is 0 Å². The van der Waals surface area contributed by atoms with E-state index in [4.69, 9.17) is 4.74 Å². The molecule has 1 N–H and O–H groups in total. The molecular formula is C10H14FNO. The average molecular weight is 183 g/mol. The van der Waals surface area contributed by atoms with E-state index in [1.807, 2.05) is 25.1 Å². The highest BCUT2D eigenvalue weighted by Gasteiger charge is 1.98. The zero-order valence-corrected chi connectivity index (χ0v) is 7.93. The molecule has 0 saturated carbocycles. The predicted octanol–water partition coefficient (Wildman–Crippen LogP) is 2.39. The maximum atomic E-state index is 11.9. The molecule has 0 aliphatic heterocycles. The molecule has 3 heteroatoms. The van der Waals surface area contributed by atoms with Crippen LogP contribution in [0, 0.1) is 6.92 Å². The summed E-state index contributed by atoms with van der Waals surface area (Å²) in [5.41, 5.74) is 2.02. The predicted molar refractivity (Wildman–Crippen MR) is 52.2 cm³/mol. The number of benzene rings is 1. The molecule has 0 aliphatic rings. The Labute approximate surface area is 77.7 Å². The van der Waals surface area contributed by atoms with Crippen LogP contribution in [0.5, 0.6) is 5.75 Å². The number of ether oxygens (including phenoxy) is 1. The highest BCUT2D eigenvalue weighted by Crippen LogP contribution is 2.20. The molecule has 1 rings (SSSR count). The number of hydrogen-bond donors (Lipinski definition) is 1. The summed E-state index contributed by atoms with van der Waals surface area (Å²) in [5.74, 6) is 0.822. The van der Waals surface area contributed by atoms with Crippen LogP contribution < -0.4 is 10.1 Å². The molecule has 0 saturated heterocycles. The fourth-order valence-corrected chi connectivity index (χ4v) is 1.14. The fraction of sp³-hybridized carbons (Fsp3) is 0.400. The molecule has 0 radical (unpaired) electrons. The zero-order chi connectivity index (χ0) is 9.68. The minimum absolute atomic E-state index is 0.354. The third kappa shape index (κ3) is 2.61. The zero-order valence-electron chi connectivity index (χ0n) is 7.93. The molecule has 0 spiro atoms. The van der Waals surface area contributed by atoms with E-state index >= 15 is 0 Å². The Hall–Kier alpha value is -1.25. The molecule has 13 heavy (non-hydrogen) atoms. The normalized spacial score (nSPS) is 9.77. The summed E-state index contributed by atoms with van der Waals surface area (Å²) in [5, 5.41) is 2.98. The Morgan fingerprint density at radius 1 is 1.46 bits per heavy atom. The highest BCUT2D eigenvalue weighted by molar-refractivity contribution is 5.53. The lowest BCUT2D eigenvalue weighted by molar-refractivity contribution is 0.414. The number of halogens is 1. The lowest BCUT2D eigenvalue weighted by atomic mass is 10.2. The Balaban J connectivity index is 2.73. The Kier molecular flexibility index (Phi) is 3.55. The van der Waals surface area contributed by atoms with Crippen molar-refractivity contribution < 1.29 is 9.13 Å². The number of anilines is 1. The van der Waals surface area contributed by atoms with Crippen LogP contribution in [0.1, 0.15) is 5.56 Å². The van der Waals surface area contributed by atoms with Gasteiger partial charge in [-0.2, -0.15) is 0 Å². The largest absolute Gasteiger partial charge is 0.497 e. The van der Waals surface area contributed by atoms with Crippen molar-refractivity contribution >= 4 is 5.69 Å². The van der Waals surface area contributed by atoms with Gasteiger partial charge in [0.25, 0.3) is 0 Å². The Morgan fingerprint density at radius 3 is 2.77 bits per heavy atom. The molecule has 72 valence electrons. The SMILES string of the molecule is COc1ccc(NCCF)c(C)c1. The van der Waals surface area contributed by atoms with Crippen molar-refractivity contribution in [1.29, 1.82) is 0 Å². The van der Waals surface area contributed by atoms with Crippen LogP contribution in [0.2, 0.25) is 0 Å². The van der Waals surface area contributed by atoms with Gasteiger partial charge in [-0.25, -0.2) is 4.39 Å². The second-order valence-corrected chi connectivity index (χ2v) is 2.80. The molecule has 1 aromatic carbocycles. The monoisotopic (exact) mass is 183 g/mol. The van der Waals surface area contributed by atoms with Gasteiger partial charge in [-0.1, -0.05) is 0 Å². The molecule has 1 aromatic rings. The van der Waals surface area contributed by atoms with Crippen molar-refractivity contribution in [1.82, 2.24) is 0 Å². The number of aryl methyl sites for hydroxylation is 1. The first kappa shape index (κ1) is 9.84. The van der Waals surface area contributed by atoms with Crippen molar-refractivity contribution in [2.24, 2.45) is 0 Å². The third-order valence-electron chi connectivity index (χ3n) is 1.84. The summed E-state index contributed by atoms with van der Waals surface area (Å²) >= 11 is 0. The van der Waals surface area contributed by atoms with Gasteiger partial charge in [0.05, 0.1) is 7.11 Å². The van der Waals surface area contributed by atoms with Gasteiger partial charge in [0, 0.05) is 12.2 Å². The lowest BCUT2D eigenvalue weighted by Crippen LogP contribution is -2.04. The number of methoxy groups -OCH3 is 1. The molecular weight excluding hydrogens is 169 g/mol. The second-order valence-electron chi connectivity index (χ2n) is 2.80. The van der Waals surface area contributed by atoms with Gasteiger partial charge < -0.3 is 10.1 Å². The van der Waals surface area contributed by atoms with Gasteiger partial charge in [0.2, 0.25) is 0 Å². The van der Waals surface area contributed by atoms with E-state index in [1.54, 1.807) is 7.11 Å². The molecule has 0 fully saturated rings. The van der Waals surface area contributed by atoms with Gasteiger partial charge in [-0.15, -0.1) is 0 Å². The Bertz CT molecular complexity index is 276. The molecule has 0 bridgehead atoms. The fourth-order valence-electron chi connectivity index (χ4n) is 1.14. The van der Waals surface area contributed by atoms with Crippen molar-refractivity contribution in [2.45, 2.75) is 6.92 Å². The average Bonchev–Trinajstić information content (AvgIpc) is 2.16. The van der Waals surface area contributed by atoms with Gasteiger partial charge in [0.1, 0.15) is 12.4 Å². The summed E-state index contributed by atoms with van der Waals surface area (Å²) in [6.07, 6.45) is 0. The summed E-state index contributed by atoms with van der Waals surface area (Å²) in [6.45, 7) is 1.96. The first-order chi connectivity index (χ1) is 6.27. The summed E-state index contributed by atoms with van der Waals surface area (Å²) in [7, 11) is 1.63. The van der Waals surface area contributed by atoms with Gasteiger partial charge in [-0.3, -0.25) is 0 Å². The molecule has 2 nitrogen and oxygen atoms in total. The smallest absolute Gasteiger partial charge is 0.119 e. The number of hydrogen-bond acceptors (Lipinski definition) is 2. The molecule has 0 amide bonds. The van der Waals surface area contributed by atoms with Crippen molar-refractivity contribution in [2.75, 3.05) is 25.6 Å². The van der Waals surface area contributed by atoms with E-state index in [1.165, 1.54) is 0 Å². The topological polar surface area (TPSA) is 21.3 Å². The first-order valence-corrected chi connectivity index (χ1v) is 4.22. The summed E-state index contributed by atoms with van der Waals surface area (Å²) < 4.78 is 16.9. The lowest BCUT2D eigenvalue weighted by Gasteiger charge is -2.08. The first-order valence-electron chi connectivity index (χ1n) is 4.22. The summed E-state index contributed by atoms with van der Waals surface area (Å²) in [4.78, 5) is 0. The number of rotatable bonds is 4. The van der Waals surface area contributed by atoms with E-state index in [2.05, 4.69) is 5.32 Å². The van der Waals surface area contributed by atoms with Crippen molar-refractivity contribution in [3.8, 4) is 5.75 Å². The van der Waals surface area contributed by atoms with Gasteiger partial charge in [0.15, 0.2) is 0 Å². The molecule has 0 aliphatic carbocycles. The van der Waals surface area contributed by atoms with E-state index in [-0.39, 0.29) is 6.67 Å². The molecule has 0 aromatic heterocycles. The van der Waals surface area contributed by atoms with Gasteiger partial charge >= 0.3 is 0 Å².